The van der Waals surface area contributed by atoms with Gasteiger partial charge in [0, 0.05) is 0 Å². The average molecular weight is 235 g/mol. The molecule has 1 atom stereocenters. The van der Waals surface area contributed by atoms with Crippen molar-refractivity contribution >= 4 is 11.5 Å². The number of anilines is 1. The number of hydrogen-bond donors (Lipinski definition) is 2. The van der Waals surface area contributed by atoms with Crippen molar-refractivity contribution in [1.82, 2.24) is 25.6 Å². The van der Waals surface area contributed by atoms with Crippen LogP contribution in [-0.4, -0.2) is 30.5 Å². The van der Waals surface area contributed by atoms with Crippen molar-refractivity contribution in [2.24, 2.45) is 0 Å². The molecule has 0 spiro atoms. The monoisotopic (exact) mass is 235 g/mol. The Morgan fingerprint density at radius 2 is 2.41 bits per heavy atom. The average Bonchev–Trinajstić information content (AvgIpc) is 2.83. The first kappa shape index (κ1) is 10.9. The molecule has 0 radical (unpaired) electrons. The summed E-state index contributed by atoms with van der Waals surface area (Å²) in [5.74, 6) is 0.186. The van der Waals surface area contributed by atoms with Crippen molar-refractivity contribution in [2.75, 3.05) is 5.32 Å². The van der Waals surface area contributed by atoms with Gasteiger partial charge in [-0.2, -0.15) is 5.21 Å². The van der Waals surface area contributed by atoms with Crippen LogP contribution in [0.15, 0.2) is 18.3 Å². The molecule has 0 amide bonds. The van der Waals surface area contributed by atoms with E-state index in [9.17, 15) is 10.1 Å². The summed E-state index contributed by atoms with van der Waals surface area (Å²) in [5.41, 5.74) is 0.315. The molecule has 1 unspecified atom stereocenters. The number of nitrogens with one attached hydrogen (secondary N) is 2. The summed E-state index contributed by atoms with van der Waals surface area (Å²) in [5, 5.41) is 27.0. The molecule has 0 saturated carbocycles. The maximum absolute atomic E-state index is 10.7. The number of tetrazole rings is 1. The van der Waals surface area contributed by atoms with E-state index in [1.54, 1.807) is 19.1 Å². The molecule has 2 aromatic rings. The van der Waals surface area contributed by atoms with E-state index < -0.39 is 4.92 Å². The largest absolute Gasteiger partial charge is 0.386 e. The van der Waals surface area contributed by atoms with E-state index >= 15 is 0 Å². The van der Waals surface area contributed by atoms with Crippen molar-refractivity contribution < 1.29 is 4.92 Å². The molecule has 9 heteroatoms. The predicted octanol–water partition coefficient (Wildman–Crippen LogP) is 0.676. The van der Waals surface area contributed by atoms with E-state index in [0.717, 1.165) is 0 Å². The minimum absolute atomic E-state index is 0.233. The molecule has 17 heavy (non-hydrogen) atoms. The Bertz CT molecular complexity index is 512. The molecule has 9 nitrogen and oxygen atoms in total. The van der Waals surface area contributed by atoms with Crippen molar-refractivity contribution in [3.63, 3.8) is 0 Å². The number of aromatic amines is 1. The molecule has 0 saturated heterocycles. The number of aromatic nitrogens is 5. The van der Waals surface area contributed by atoms with Gasteiger partial charge in [-0.05, 0) is 29.0 Å². The normalized spacial score (nSPS) is 12.1. The lowest BCUT2D eigenvalue weighted by molar-refractivity contribution is -0.388. The second-order valence-corrected chi connectivity index (χ2v) is 3.27. The molecule has 0 bridgehead atoms. The van der Waals surface area contributed by atoms with Crippen molar-refractivity contribution in [3.05, 3.63) is 34.3 Å². The lowest BCUT2D eigenvalue weighted by atomic mass is 10.3. The lowest BCUT2D eigenvalue weighted by Crippen LogP contribution is -2.10. The Balaban J connectivity index is 2.21. The van der Waals surface area contributed by atoms with E-state index in [1.165, 1.54) is 6.20 Å². The third kappa shape index (κ3) is 2.33. The summed E-state index contributed by atoms with van der Waals surface area (Å²) in [4.78, 5) is 13.9. The summed E-state index contributed by atoms with van der Waals surface area (Å²) in [6.07, 6.45) is 1.36. The molecular weight excluding hydrogens is 226 g/mol. The van der Waals surface area contributed by atoms with E-state index in [4.69, 9.17) is 0 Å². The second-order valence-electron chi connectivity index (χ2n) is 3.27. The van der Waals surface area contributed by atoms with Gasteiger partial charge in [0.2, 0.25) is 0 Å². The zero-order chi connectivity index (χ0) is 12.3. The van der Waals surface area contributed by atoms with Gasteiger partial charge in [-0.15, -0.1) is 10.2 Å². The van der Waals surface area contributed by atoms with Crippen LogP contribution in [0.4, 0.5) is 11.5 Å². The van der Waals surface area contributed by atoms with Crippen LogP contribution in [0.5, 0.6) is 0 Å². The summed E-state index contributed by atoms with van der Waals surface area (Å²) in [6, 6.07) is 2.87. The van der Waals surface area contributed by atoms with Crippen LogP contribution in [-0.2, 0) is 0 Å². The quantitative estimate of drug-likeness (QED) is 0.589. The highest BCUT2D eigenvalue weighted by molar-refractivity contribution is 5.57. The van der Waals surface area contributed by atoms with E-state index in [1.807, 2.05) is 0 Å². The fraction of sp³-hybridized carbons (Fsp3) is 0.250. The van der Waals surface area contributed by atoms with Gasteiger partial charge in [0.15, 0.2) is 5.82 Å². The molecule has 0 aliphatic carbocycles. The molecule has 2 N–H and O–H groups in total. The topological polar surface area (TPSA) is 123 Å². The van der Waals surface area contributed by atoms with Crippen molar-refractivity contribution in [2.45, 2.75) is 13.0 Å². The summed E-state index contributed by atoms with van der Waals surface area (Å²) >= 11 is 0. The van der Waals surface area contributed by atoms with Gasteiger partial charge in [-0.3, -0.25) is 0 Å². The van der Waals surface area contributed by atoms with Crippen LogP contribution < -0.4 is 5.32 Å². The van der Waals surface area contributed by atoms with Gasteiger partial charge in [0.1, 0.15) is 11.9 Å². The predicted molar refractivity (Wildman–Crippen MR) is 57.1 cm³/mol. The SMILES string of the molecule is CC(Nc1cccnc1[N+](=O)[O-])c1nn[nH]n1. The van der Waals surface area contributed by atoms with Crippen LogP contribution in [0.1, 0.15) is 18.8 Å². The van der Waals surface area contributed by atoms with Gasteiger partial charge in [-0.1, -0.05) is 5.21 Å². The highest BCUT2D eigenvalue weighted by Gasteiger charge is 2.18. The van der Waals surface area contributed by atoms with Crippen LogP contribution in [0, 0.1) is 10.1 Å². The Morgan fingerprint density at radius 1 is 1.59 bits per heavy atom. The van der Waals surface area contributed by atoms with Crippen LogP contribution in [0.25, 0.3) is 0 Å². The van der Waals surface area contributed by atoms with Crippen molar-refractivity contribution in [3.8, 4) is 0 Å². The smallest absolute Gasteiger partial charge is 0.368 e. The lowest BCUT2D eigenvalue weighted by Gasteiger charge is -2.10. The van der Waals surface area contributed by atoms with Gasteiger partial charge in [-0.25, -0.2) is 0 Å². The zero-order valence-corrected chi connectivity index (χ0v) is 8.86. The molecule has 0 aromatic carbocycles. The molecule has 0 fully saturated rings. The van der Waals surface area contributed by atoms with Crippen LogP contribution >= 0.6 is 0 Å². The fourth-order valence-electron chi connectivity index (χ4n) is 1.31. The summed E-state index contributed by atoms with van der Waals surface area (Å²) in [7, 11) is 0. The standard InChI is InChI=1S/C8H9N7O2/c1-5(7-11-13-14-12-7)10-6-3-2-4-9-8(6)15(16)17/h2-5,10H,1H3,(H,11,12,13,14). The number of nitrogens with zero attached hydrogens (tertiary/aromatic N) is 5. The summed E-state index contributed by atoms with van der Waals surface area (Å²) < 4.78 is 0. The maximum atomic E-state index is 10.7. The van der Waals surface area contributed by atoms with Gasteiger partial charge in [0.05, 0.1) is 6.04 Å². The Hall–Kier alpha value is -2.58. The third-order valence-electron chi connectivity index (χ3n) is 2.08. The molecule has 88 valence electrons. The van der Waals surface area contributed by atoms with Gasteiger partial charge < -0.3 is 15.4 Å². The first-order valence-corrected chi connectivity index (χ1v) is 4.78. The summed E-state index contributed by atoms with van der Waals surface area (Å²) in [6.45, 7) is 1.77. The molecule has 2 aromatic heterocycles. The highest BCUT2D eigenvalue weighted by atomic mass is 16.6. The van der Waals surface area contributed by atoms with E-state index in [-0.39, 0.29) is 11.9 Å². The van der Waals surface area contributed by atoms with E-state index in [2.05, 4.69) is 30.9 Å². The maximum Gasteiger partial charge on any atom is 0.386 e. The number of pyridine rings is 1. The van der Waals surface area contributed by atoms with E-state index in [0.29, 0.717) is 11.5 Å². The molecule has 2 rings (SSSR count). The molecular formula is C8H9N7O2. The molecule has 2 heterocycles. The minimum atomic E-state index is -0.550. The number of hydrogen-bond acceptors (Lipinski definition) is 7. The molecule has 0 aliphatic heterocycles. The fourth-order valence-corrected chi connectivity index (χ4v) is 1.31. The Kier molecular flexibility index (Phi) is 2.90. The second kappa shape index (κ2) is 4.51. The highest BCUT2D eigenvalue weighted by Crippen LogP contribution is 2.23. The number of rotatable bonds is 4. The van der Waals surface area contributed by atoms with Crippen LogP contribution in [0.2, 0.25) is 0 Å². The molecule has 0 aliphatic rings. The first-order valence-electron chi connectivity index (χ1n) is 4.78. The van der Waals surface area contributed by atoms with Gasteiger partial charge >= 0.3 is 5.82 Å². The van der Waals surface area contributed by atoms with Crippen molar-refractivity contribution in [1.29, 1.82) is 0 Å². The number of nitro groups is 1. The Morgan fingerprint density at radius 3 is 3.06 bits per heavy atom. The zero-order valence-electron chi connectivity index (χ0n) is 8.86. The van der Waals surface area contributed by atoms with Gasteiger partial charge in [0.25, 0.3) is 0 Å². The van der Waals surface area contributed by atoms with Crippen LogP contribution in [0.3, 0.4) is 0 Å². The first-order chi connectivity index (χ1) is 8.18. The minimum Gasteiger partial charge on any atom is -0.368 e. The Labute approximate surface area is 95.4 Å². The number of H-pyrrole nitrogens is 1. The third-order valence-corrected chi connectivity index (χ3v) is 2.08.